The van der Waals surface area contributed by atoms with Crippen LogP contribution in [0.3, 0.4) is 0 Å². The fourth-order valence-corrected chi connectivity index (χ4v) is 4.41. The number of rotatable bonds is 7. The van der Waals surface area contributed by atoms with Gasteiger partial charge in [-0.2, -0.15) is 0 Å². The summed E-state index contributed by atoms with van der Waals surface area (Å²) in [5.74, 6) is -0.916. The van der Waals surface area contributed by atoms with Gasteiger partial charge in [0.2, 0.25) is 11.8 Å². The van der Waals surface area contributed by atoms with Crippen LogP contribution >= 0.6 is 11.6 Å². The topological polar surface area (TPSA) is 117 Å². The Hall–Kier alpha value is -2.91. The van der Waals surface area contributed by atoms with Crippen molar-refractivity contribution in [3.63, 3.8) is 0 Å². The van der Waals surface area contributed by atoms with Gasteiger partial charge in [-0.1, -0.05) is 44.0 Å². The number of benzene rings is 2. The highest BCUT2D eigenvalue weighted by Gasteiger charge is 2.33. The number of carbonyl (C=O) groups excluding carboxylic acids is 2. The van der Waals surface area contributed by atoms with E-state index in [1.54, 1.807) is 42.5 Å². The maximum Gasteiger partial charge on any atom is 0.263 e. The van der Waals surface area contributed by atoms with Crippen molar-refractivity contribution in [2.45, 2.75) is 31.2 Å². The Bertz CT molecular complexity index is 1120. The number of nitrogens with zero attached hydrogens (tertiary/aromatic N) is 1. The molecule has 1 aliphatic rings. The minimum Gasteiger partial charge on any atom is -0.345 e. The van der Waals surface area contributed by atoms with Gasteiger partial charge in [-0.25, -0.2) is 8.42 Å². The third-order valence-corrected chi connectivity index (χ3v) is 6.58. The molecule has 0 bridgehead atoms. The average Bonchev–Trinajstić information content (AvgIpc) is 3.01. The van der Waals surface area contributed by atoms with Gasteiger partial charge in [0.05, 0.1) is 11.4 Å². The molecule has 1 aliphatic heterocycles. The van der Waals surface area contributed by atoms with E-state index in [1.165, 1.54) is 6.07 Å². The van der Waals surface area contributed by atoms with Crippen molar-refractivity contribution in [1.29, 1.82) is 0 Å². The van der Waals surface area contributed by atoms with Crippen LogP contribution in [0.2, 0.25) is 5.02 Å². The molecule has 3 rings (SSSR count). The lowest BCUT2D eigenvalue weighted by molar-refractivity contribution is -0.125. The van der Waals surface area contributed by atoms with Crippen molar-refractivity contribution < 1.29 is 18.0 Å². The second-order valence-corrected chi connectivity index (χ2v) is 9.27. The Balaban J connectivity index is 1.73. The first kappa shape index (κ1) is 22.8. The first-order valence-electron chi connectivity index (χ1n) is 9.74. The zero-order valence-electron chi connectivity index (χ0n) is 17.1. The molecule has 0 aliphatic carbocycles. The number of anilines is 1. The van der Waals surface area contributed by atoms with Gasteiger partial charge >= 0.3 is 0 Å². The van der Waals surface area contributed by atoms with E-state index in [1.807, 2.05) is 13.8 Å². The highest BCUT2D eigenvalue weighted by molar-refractivity contribution is 7.90. The lowest BCUT2D eigenvalue weighted by atomic mass is 9.98. The summed E-state index contributed by atoms with van der Waals surface area (Å²) in [6.07, 6.45) is 0.639. The summed E-state index contributed by atoms with van der Waals surface area (Å²) in [6, 6.07) is 12.2. The Kier molecular flexibility index (Phi) is 6.97. The van der Waals surface area contributed by atoms with Crippen LogP contribution in [0.4, 0.5) is 5.69 Å². The Morgan fingerprint density at radius 3 is 2.48 bits per heavy atom. The van der Waals surface area contributed by atoms with Gasteiger partial charge in [0, 0.05) is 16.3 Å². The molecule has 164 valence electrons. The lowest BCUT2D eigenvalue weighted by Crippen LogP contribution is -2.42. The van der Waals surface area contributed by atoms with Crippen LogP contribution in [0.15, 0.2) is 58.4 Å². The predicted octanol–water partition coefficient (Wildman–Crippen LogP) is 2.55. The van der Waals surface area contributed by atoms with Crippen molar-refractivity contribution in [2.75, 3.05) is 11.9 Å². The Morgan fingerprint density at radius 1 is 1.13 bits per heavy atom. The largest absolute Gasteiger partial charge is 0.345 e. The van der Waals surface area contributed by atoms with Gasteiger partial charge in [0.25, 0.3) is 10.0 Å². The fraction of sp³-hybridized carbons (Fsp3) is 0.286. The molecule has 2 aromatic rings. The summed E-state index contributed by atoms with van der Waals surface area (Å²) >= 11 is 5.82. The van der Waals surface area contributed by atoms with Crippen molar-refractivity contribution in [3.8, 4) is 0 Å². The summed E-state index contributed by atoms with van der Waals surface area (Å²) in [5.41, 5.74) is 0.975. The Labute approximate surface area is 186 Å². The van der Waals surface area contributed by atoms with Crippen LogP contribution < -0.4 is 15.4 Å². The van der Waals surface area contributed by atoms with Crippen LogP contribution in [-0.2, 0) is 19.6 Å². The van der Waals surface area contributed by atoms with Gasteiger partial charge in [-0.05, 0) is 42.3 Å². The number of nitrogens with one attached hydrogen (secondary N) is 3. The SMILES string of the molecule is CC[C@H](C)[C@H](N=C1NS(=O)(=O)c2ccccc21)C(=O)NCC(=O)Nc1ccc(Cl)cc1. The number of aliphatic imine (C=N–C) groups is 1. The zero-order chi connectivity index (χ0) is 22.6. The van der Waals surface area contributed by atoms with E-state index in [-0.39, 0.29) is 23.2 Å². The molecular weight excluding hydrogens is 440 g/mol. The first-order chi connectivity index (χ1) is 14.7. The molecule has 1 heterocycles. The number of hydrogen-bond acceptors (Lipinski definition) is 5. The molecule has 2 atom stereocenters. The number of halogens is 1. The Morgan fingerprint density at radius 2 is 1.81 bits per heavy atom. The minimum atomic E-state index is -3.71. The van der Waals surface area contributed by atoms with Gasteiger partial charge < -0.3 is 10.6 Å². The molecule has 8 nitrogen and oxygen atoms in total. The maximum atomic E-state index is 12.8. The molecule has 2 aromatic carbocycles. The van der Waals surface area contributed by atoms with Crippen molar-refractivity contribution in [1.82, 2.24) is 10.0 Å². The van der Waals surface area contributed by atoms with Crippen LogP contribution in [0.5, 0.6) is 0 Å². The molecule has 31 heavy (non-hydrogen) atoms. The molecule has 0 aromatic heterocycles. The van der Waals surface area contributed by atoms with E-state index in [0.29, 0.717) is 22.7 Å². The van der Waals surface area contributed by atoms with Crippen molar-refractivity contribution in [2.24, 2.45) is 10.9 Å². The van der Waals surface area contributed by atoms with Gasteiger partial charge in [-0.15, -0.1) is 0 Å². The van der Waals surface area contributed by atoms with Crippen molar-refractivity contribution >= 4 is 45.0 Å². The highest BCUT2D eigenvalue weighted by atomic mass is 35.5. The zero-order valence-corrected chi connectivity index (χ0v) is 18.6. The first-order valence-corrected chi connectivity index (χ1v) is 11.6. The van der Waals surface area contributed by atoms with E-state index in [4.69, 9.17) is 11.6 Å². The molecule has 2 amide bonds. The third-order valence-electron chi connectivity index (χ3n) is 4.93. The quantitative estimate of drug-likeness (QED) is 0.586. The van der Waals surface area contributed by atoms with Crippen LogP contribution in [0.25, 0.3) is 0 Å². The predicted molar refractivity (Wildman–Crippen MR) is 120 cm³/mol. The van der Waals surface area contributed by atoms with Crippen molar-refractivity contribution in [3.05, 3.63) is 59.1 Å². The summed E-state index contributed by atoms with van der Waals surface area (Å²) < 4.78 is 27.0. The smallest absolute Gasteiger partial charge is 0.263 e. The van der Waals surface area contributed by atoms with E-state index in [9.17, 15) is 18.0 Å². The maximum absolute atomic E-state index is 12.8. The van der Waals surface area contributed by atoms with Gasteiger partial charge in [0.15, 0.2) is 0 Å². The molecule has 3 N–H and O–H groups in total. The molecule has 10 heteroatoms. The van der Waals surface area contributed by atoms with E-state index < -0.39 is 27.9 Å². The third kappa shape index (κ3) is 5.42. The van der Waals surface area contributed by atoms with Crippen LogP contribution in [0.1, 0.15) is 25.8 Å². The standard InChI is InChI=1S/C21H23ClN4O4S/c1-3-13(2)19(25-20-16-6-4-5-7-17(16)31(29,30)26-20)21(28)23-12-18(27)24-15-10-8-14(22)9-11-15/h4-11,13,19H,3,12H2,1-2H3,(H,23,28)(H,24,27)(H,25,26)/t13-,19-/m0/s1. The van der Waals surface area contributed by atoms with E-state index >= 15 is 0 Å². The molecule has 0 spiro atoms. The number of hydrogen-bond donors (Lipinski definition) is 3. The molecule has 0 unspecified atom stereocenters. The summed E-state index contributed by atoms with van der Waals surface area (Å²) in [5, 5.41) is 5.80. The molecule has 0 fully saturated rings. The normalized spacial score (nSPS) is 17.3. The fourth-order valence-electron chi connectivity index (χ4n) is 3.05. The molecule has 0 saturated heterocycles. The number of carbonyl (C=O) groups is 2. The average molecular weight is 463 g/mol. The van der Waals surface area contributed by atoms with Gasteiger partial charge in [0.1, 0.15) is 11.9 Å². The highest BCUT2D eigenvalue weighted by Crippen LogP contribution is 2.24. The van der Waals surface area contributed by atoms with E-state index in [0.717, 1.165) is 0 Å². The molecule has 0 saturated carbocycles. The van der Waals surface area contributed by atoms with E-state index in [2.05, 4.69) is 20.3 Å². The number of fused-ring (bicyclic) bond motifs is 1. The monoisotopic (exact) mass is 462 g/mol. The lowest BCUT2D eigenvalue weighted by Gasteiger charge is -2.19. The second-order valence-electron chi connectivity index (χ2n) is 7.18. The van der Waals surface area contributed by atoms with Crippen LogP contribution in [0, 0.1) is 5.92 Å². The number of amidine groups is 1. The molecular formula is C21H23ClN4O4S. The molecule has 0 radical (unpaired) electrons. The summed E-state index contributed by atoms with van der Waals surface area (Å²) in [4.78, 5) is 29.5. The summed E-state index contributed by atoms with van der Waals surface area (Å²) in [7, 11) is -3.71. The van der Waals surface area contributed by atoms with Gasteiger partial charge in [-0.3, -0.25) is 19.3 Å². The number of amides is 2. The minimum absolute atomic E-state index is 0.124. The second kappa shape index (κ2) is 9.49. The summed E-state index contributed by atoms with van der Waals surface area (Å²) in [6.45, 7) is 3.50. The number of sulfonamides is 1. The van der Waals surface area contributed by atoms with Crippen LogP contribution in [-0.4, -0.2) is 38.7 Å².